The molecular weight excluding hydrogens is 339 g/mol. The molecule has 0 unspecified atom stereocenters. The first-order valence-corrected chi connectivity index (χ1v) is 7.76. The Kier molecular flexibility index (Phi) is 4.40. The van der Waals surface area contributed by atoms with E-state index in [1.165, 1.54) is 11.1 Å². The largest absolute Gasteiger partial charge is 0.421 e. The Bertz CT molecular complexity index is 841. The lowest BCUT2D eigenvalue weighted by Crippen LogP contribution is -2.37. The Morgan fingerprint density at radius 1 is 1.44 bits per heavy atom. The minimum atomic E-state index is -4.75. The number of aromatic nitrogens is 2. The summed E-state index contributed by atoms with van der Waals surface area (Å²) in [6, 6.07) is 3.24. The topological polar surface area (TPSA) is 68.3 Å². The molecule has 0 saturated carbocycles. The molecule has 134 valence electrons. The van der Waals surface area contributed by atoms with Crippen molar-refractivity contribution in [3.63, 3.8) is 0 Å². The number of hydrogen-bond acceptors (Lipinski definition) is 4. The molecule has 1 amide bonds. The summed E-state index contributed by atoms with van der Waals surface area (Å²) in [6.07, 6.45) is -2.15. The maximum absolute atomic E-state index is 12.8. The molecule has 1 aliphatic rings. The Morgan fingerprint density at radius 2 is 2.20 bits per heavy atom. The summed E-state index contributed by atoms with van der Waals surface area (Å²) in [5.41, 5.74) is -1.83. The number of carbonyl (C=O) groups is 1. The molecule has 9 heteroatoms. The second-order valence-electron chi connectivity index (χ2n) is 5.97. The normalized spacial score (nSPS) is 17.9. The van der Waals surface area contributed by atoms with Crippen molar-refractivity contribution in [2.75, 3.05) is 6.54 Å². The van der Waals surface area contributed by atoms with Gasteiger partial charge in [0, 0.05) is 18.8 Å². The van der Waals surface area contributed by atoms with Crippen molar-refractivity contribution in [3.05, 3.63) is 51.8 Å². The molecule has 1 saturated heterocycles. The zero-order valence-electron chi connectivity index (χ0n) is 13.4. The van der Waals surface area contributed by atoms with Crippen LogP contribution < -0.4 is 5.56 Å². The molecule has 1 atom stereocenters. The van der Waals surface area contributed by atoms with E-state index in [9.17, 15) is 22.8 Å². The third-order valence-corrected chi connectivity index (χ3v) is 4.18. The lowest BCUT2D eigenvalue weighted by atomic mass is 10.1. The van der Waals surface area contributed by atoms with E-state index >= 15 is 0 Å². The number of hydrogen-bond donors (Lipinski definition) is 0. The molecule has 0 aliphatic carbocycles. The summed E-state index contributed by atoms with van der Waals surface area (Å²) in [7, 11) is 0. The van der Waals surface area contributed by atoms with Crippen LogP contribution >= 0.6 is 0 Å². The molecule has 3 rings (SSSR count). The van der Waals surface area contributed by atoms with Crippen molar-refractivity contribution in [1.29, 1.82) is 0 Å². The molecular formula is C16H16F3N3O3. The number of halogens is 3. The molecule has 6 nitrogen and oxygen atoms in total. The van der Waals surface area contributed by atoms with Crippen LogP contribution in [0.5, 0.6) is 0 Å². The fourth-order valence-corrected chi connectivity index (χ4v) is 3.01. The zero-order valence-corrected chi connectivity index (χ0v) is 13.4. The average Bonchev–Trinajstić information content (AvgIpc) is 3.16. The molecule has 3 heterocycles. The standard InChI is InChI=1S/C16H16F3N3O3/c1-10-8-13(25-20-10)12-5-3-7-22(12)14(23)9-21-6-2-4-11(15(21)24)16(17,18)19/h2,4,6,8,12H,3,5,7,9H2,1H3/t12-/m1/s1. The summed E-state index contributed by atoms with van der Waals surface area (Å²) >= 11 is 0. The number of carbonyl (C=O) groups excluding carboxylic acids is 1. The highest BCUT2D eigenvalue weighted by Crippen LogP contribution is 2.32. The van der Waals surface area contributed by atoms with Gasteiger partial charge in [0.1, 0.15) is 12.1 Å². The van der Waals surface area contributed by atoms with E-state index < -0.39 is 29.8 Å². The lowest BCUT2D eigenvalue weighted by molar-refractivity contribution is -0.139. The number of aryl methyl sites for hydroxylation is 1. The van der Waals surface area contributed by atoms with E-state index in [0.717, 1.165) is 17.1 Å². The van der Waals surface area contributed by atoms with Crippen molar-refractivity contribution in [3.8, 4) is 0 Å². The minimum Gasteiger partial charge on any atom is -0.359 e. The second kappa shape index (κ2) is 6.38. The van der Waals surface area contributed by atoms with Crippen molar-refractivity contribution < 1.29 is 22.5 Å². The maximum Gasteiger partial charge on any atom is 0.421 e. The Morgan fingerprint density at radius 3 is 2.84 bits per heavy atom. The molecule has 0 radical (unpaired) electrons. The third-order valence-electron chi connectivity index (χ3n) is 4.18. The van der Waals surface area contributed by atoms with E-state index in [1.807, 2.05) is 0 Å². The summed E-state index contributed by atoms with van der Waals surface area (Å²) < 4.78 is 44.5. The lowest BCUT2D eigenvalue weighted by Gasteiger charge is -2.23. The first-order valence-electron chi connectivity index (χ1n) is 7.76. The Labute approximate surface area is 140 Å². The van der Waals surface area contributed by atoms with Gasteiger partial charge in [0.25, 0.3) is 5.56 Å². The van der Waals surface area contributed by atoms with E-state index in [2.05, 4.69) is 5.16 Å². The van der Waals surface area contributed by atoms with Crippen LogP contribution in [0.15, 0.2) is 33.7 Å². The highest BCUT2D eigenvalue weighted by Gasteiger charge is 2.36. The molecule has 0 bridgehead atoms. The van der Waals surface area contributed by atoms with Crippen molar-refractivity contribution in [1.82, 2.24) is 14.6 Å². The number of nitrogens with zero attached hydrogens (tertiary/aromatic N) is 3. The monoisotopic (exact) mass is 355 g/mol. The summed E-state index contributed by atoms with van der Waals surface area (Å²) in [5.74, 6) is 0.109. The van der Waals surface area contributed by atoms with Gasteiger partial charge in [-0.05, 0) is 31.9 Å². The summed E-state index contributed by atoms with van der Waals surface area (Å²) in [4.78, 5) is 26.0. The van der Waals surface area contributed by atoms with E-state index in [0.29, 0.717) is 30.5 Å². The number of pyridine rings is 1. The third kappa shape index (κ3) is 3.45. The van der Waals surface area contributed by atoms with E-state index in [4.69, 9.17) is 4.52 Å². The summed E-state index contributed by atoms with van der Waals surface area (Å²) in [6.45, 7) is 1.76. The molecule has 0 spiro atoms. The number of amides is 1. The molecule has 1 fully saturated rings. The van der Waals surface area contributed by atoms with Crippen LogP contribution in [0.4, 0.5) is 13.2 Å². The SMILES string of the molecule is Cc1cc([C@H]2CCCN2C(=O)Cn2cccc(C(F)(F)F)c2=O)on1. The van der Waals surface area contributed by atoms with Gasteiger partial charge in [-0.3, -0.25) is 9.59 Å². The molecule has 2 aromatic heterocycles. The first kappa shape index (κ1) is 17.2. The van der Waals surface area contributed by atoms with Gasteiger partial charge in [0.15, 0.2) is 5.76 Å². The fourth-order valence-electron chi connectivity index (χ4n) is 3.01. The summed E-state index contributed by atoms with van der Waals surface area (Å²) in [5, 5.41) is 3.80. The van der Waals surface area contributed by atoms with E-state index in [-0.39, 0.29) is 6.04 Å². The van der Waals surface area contributed by atoms with Gasteiger partial charge in [0.2, 0.25) is 5.91 Å². The van der Waals surface area contributed by atoms with Gasteiger partial charge in [-0.1, -0.05) is 5.16 Å². The molecule has 0 N–H and O–H groups in total. The Hall–Kier alpha value is -2.58. The minimum absolute atomic E-state index is 0.310. The fraction of sp³-hybridized carbons (Fsp3) is 0.438. The smallest absolute Gasteiger partial charge is 0.359 e. The van der Waals surface area contributed by atoms with Crippen LogP contribution in [0, 0.1) is 6.92 Å². The van der Waals surface area contributed by atoms with E-state index in [1.54, 1.807) is 13.0 Å². The highest BCUT2D eigenvalue weighted by molar-refractivity contribution is 5.76. The van der Waals surface area contributed by atoms with Crippen LogP contribution in [-0.2, 0) is 17.5 Å². The van der Waals surface area contributed by atoms with Gasteiger partial charge in [0.05, 0.1) is 11.7 Å². The van der Waals surface area contributed by atoms with Gasteiger partial charge in [-0.25, -0.2) is 0 Å². The van der Waals surface area contributed by atoms with Crippen molar-refractivity contribution in [2.45, 2.75) is 38.5 Å². The van der Waals surface area contributed by atoms with Crippen molar-refractivity contribution in [2.24, 2.45) is 0 Å². The molecule has 25 heavy (non-hydrogen) atoms. The van der Waals surface area contributed by atoms with Crippen molar-refractivity contribution >= 4 is 5.91 Å². The second-order valence-corrected chi connectivity index (χ2v) is 5.97. The van der Waals surface area contributed by atoms with Crippen LogP contribution in [0.3, 0.4) is 0 Å². The number of alkyl halides is 3. The van der Waals surface area contributed by atoms with Gasteiger partial charge < -0.3 is 14.0 Å². The number of likely N-dealkylation sites (tertiary alicyclic amines) is 1. The highest BCUT2D eigenvalue weighted by atomic mass is 19.4. The van der Waals surface area contributed by atoms with Crippen LogP contribution in [0.2, 0.25) is 0 Å². The average molecular weight is 355 g/mol. The molecule has 0 aromatic carbocycles. The molecule has 2 aromatic rings. The maximum atomic E-state index is 12.8. The van der Waals surface area contributed by atoms with Gasteiger partial charge in [-0.15, -0.1) is 0 Å². The zero-order chi connectivity index (χ0) is 18.2. The Balaban J connectivity index is 1.82. The molecule has 1 aliphatic heterocycles. The quantitative estimate of drug-likeness (QED) is 0.848. The van der Waals surface area contributed by atoms with Crippen LogP contribution in [0.25, 0.3) is 0 Å². The van der Waals surface area contributed by atoms with Gasteiger partial charge >= 0.3 is 6.18 Å². The predicted molar refractivity (Wildman–Crippen MR) is 80.6 cm³/mol. The first-order chi connectivity index (χ1) is 11.8. The van der Waals surface area contributed by atoms with Gasteiger partial charge in [-0.2, -0.15) is 13.2 Å². The predicted octanol–water partition coefficient (Wildman–Crippen LogP) is 2.53. The van der Waals surface area contributed by atoms with Crippen LogP contribution in [0.1, 0.15) is 35.9 Å². The van der Waals surface area contributed by atoms with Crippen LogP contribution in [-0.4, -0.2) is 27.1 Å². The number of rotatable bonds is 3.